The van der Waals surface area contributed by atoms with Gasteiger partial charge in [-0.15, -0.1) is 0 Å². The second-order valence-corrected chi connectivity index (χ2v) is 12.0. The molecule has 6 rings (SSSR count). The number of anilines is 2. The van der Waals surface area contributed by atoms with Crippen LogP contribution < -0.4 is 10.2 Å². The smallest absolute Gasteiger partial charge is 0.227 e. The van der Waals surface area contributed by atoms with Crippen LogP contribution in [0.5, 0.6) is 0 Å². The lowest BCUT2D eigenvalue weighted by Crippen LogP contribution is -2.64. The van der Waals surface area contributed by atoms with Gasteiger partial charge >= 0.3 is 0 Å². The van der Waals surface area contributed by atoms with Crippen molar-refractivity contribution in [2.75, 3.05) is 55.4 Å². The average molecular weight is 549 g/mol. The monoisotopic (exact) mass is 548 g/mol. The Labute approximate surface area is 226 Å². The van der Waals surface area contributed by atoms with Crippen LogP contribution in [0.1, 0.15) is 18.9 Å². The number of morpholine rings is 1. The molecule has 202 valence electrons. The summed E-state index contributed by atoms with van der Waals surface area (Å²) >= 11 is 0. The number of aliphatic imine (C=N–C) groups is 3. The van der Waals surface area contributed by atoms with E-state index in [0.29, 0.717) is 24.9 Å². The first-order valence-electron chi connectivity index (χ1n) is 12.8. The highest BCUT2D eigenvalue weighted by atomic mass is 32.2. The maximum absolute atomic E-state index is 12.3. The molecule has 2 saturated heterocycles. The minimum absolute atomic E-state index is 0.0200. The zero-order valence-electron chi connectivity index (χ0n) is 21.4. The van der Waals surface area contributed by atoms with Crippen LogP contribution in [-0.2, 0) is 20.3 Å². The van der Waals surface area contributed by atoms with Crippen LogP contribution in [0, 0.1) is 11.3 Å². The number of ether oxygens (including phenoxy) is 1. The number of rotatable bonds is 7. The number of sulfonamides is 1. The van der Waals surface area contributed by atoms with E-state index in [-0.39, 0.29) is 31.3 Å². The molecule has 2 aromatic rings. The predicted octanol–water partition coefficient (Wildman–Crippen LogP) is 0.997. The lowest BCUT2D eigenvalue weighted by atomic mass is 9.89. The highest BCUT2D eigenvalue weighted by Crippen LogP contribution is 2.35. The first-order valence-corrected chi connectivity index (χ1v) is 14.4. The van der Waals surface area contributed by atoms with Gasteiger partial charge in [-0.1, -0.05) is 0 Å². The number of nitrogens with one attached hydrogen (secondary N) is 1. The molecule has 0 bridgehead atoms. The third-order valence-electron chi connectivity index (χ3n) is 7.29. The number of allylic oxidation sites excluding steroid dienone is 1. The third-order valence-corrected chi connectivity index (χ3v) is 9.07. The van der Waals surface area contributed by atoms with E-state index in [1.165, 1.54) is 4.31 Å². The summed E-state index contributed by atoms with van der Waals surface area (Å²) in [6, 6.07) is 5.74. The van der Waals surface area contributed by atoms with Crippen molar-refractivity contribution in [3.05, 3.63) is 48.1 Å². The molecule has 14 heteroatoms. The molecule has 0 aromatic carbocycles. The predicted molar refractivity (Wildman–Crippen MR) is 147 cm³/mol. The molecule has 0 aliphatic carbocycles. The van der Waals surface area contributed by atoms with E-state index in [0.717, 1.165) is 35.9 Å². The number of nitriles is 1. The fourth-order valence-electron chi connectivity index (χ4n) is 5.04. The number of nitrogens with zero attached hydrogens (tertiary/aromatic N) is 9. The van der Waals surface area contributed by atoms with Crippen molar-refractivity contribution in [1.29, 1.82) is 5.26 Å². The number of fused-ring (bicyclic) bond motifs is 1. The average Bonchev–Trinajstić information content (AvgIpc) is 3.61. The quantitative estimate of drug-likeness (QED) is 0.538. The van der Waals surface area contributed by atoms with E-state index in [1.807, 2.05) is 24.4 Å². The number of hydrogen-bond donors (Lipinski definition) is 1. The second-order valence-electron chi connectivity index (χ2n) is 9.76. The highest BCUT2D eigenvalue weighted by Gasteiger charge is 2.50. The summed E-state index contributed by atoms with van der Waals surface area (Å²) in [6.07, 6.45) is 8.96. The molecule has 1 unspecified atom stereocenters. The standard InChI is InChI=1S/C25H28N10O3S/c1-2-39(36,37)34-16-25(17-34,6-7-26)35-15-18(13-29-35)22-23-20(5-8-27-23)31-24(32-22)30-19-3-4-21(28-14-19)33-9-11-38-12-10-33/h3-5,8,13-15,23H,2,6,9-12,16-17H2,1H3,(H,30,31). The Hall–Kier alpha value is -3.93. The van der Waals surface area contributed by atoms with Gasteiger partial charge < -0.3 is 15.0 Å². The SMILES string of the molecule is CCS(=O)(=O)N1CC(CC#N)(n2cc(C3=NC(Nc4ccc(N5CCOCC5)nc4)=NC4=CC=NC43)cn2)C1. The van der Waals surface area contributed by atoms with Gasteiger partial charge in [0.25, 0.3) is 0 Å². The number of aromatic nitrogens is 3. The third kappa shape index (κ3) is 4.73. The molecular weight excluding hydrogens is 520 g/mol. The Morgan fingerprint density at radius 1 is 1.21 bits per heavy atom. The van der Waals surface area contributed by atoms with Gasteiger partial charge in [0, 0.05) is 44.2 Å². The molecule has 0 amide bonds. The van der Waals surface area contributed by atoms with Gasteiger partial charge in [-0.05, 0) is 25.1 Å². The molecule has 1 N–H and O–H groups in total. The van der Waals surface area contributed by atoms with Crippen molar-refractivity contribution >= 4 is 39.4 Å². The van der Waals surface area contributed by atoms with Crippen LogP contribution in [0.2, 0.25) is 0 Å². The molecule has 2 aromatic heterocycles. The van der Waals surface area contributed by atoms with E-state index >= 15 is 0 Å². The topological polar surface area (TPSA) is 153 Å². The maximum Gasteiger partial charge on any atom is 0.227 e. The molecule has 2 fully saturated rings. The summed E-state index contributed by atoms with van der Waals surface area (Å²) in [5.41, 5.74) is 2.19. The number of pyridine rings is 1. The van der Waals surface area contributed by atoms with Gasteiger partial charge in [-0.25, -0.2) is 23.4 Å². The molecule has 1 atom stereocenters. The van der Waals surface area contributed by atoms with Crippen molar-refractivity contribution in [2.45, 2.75) is 24.9 Å². The Kier molecular flexibility index (Phi) is 6.49. The molecule has 6 heterocycles. The fraction of sp³-hybridized carbons (Fsp3) is 0.440. The number of guanidine groups is 1. The summed E-state index contributed by atoms with van der Waals surface area (Å²) in [7, 11) is -3.34. The summed E-state index contributed by atoms with van der Waals surface area (Å²) in [5, 5.41) is 17.3. The van der Waals surface area contributed by atoms with Crippen molar-refractivity contribution < 1.29 is 13.2 Å². The van der Waals surface area contributed by atoms with Crippen LogP contribution >= 0.6 is 0 Å². The minimum Gasteiger partial charge on any atom is -0.378 e. The normalized spacial score (nSPS) is 22.3. The second kappa shape index (κ2) is 9.99. The van der Waals surface area contributed by atoms with Gasteiger partial charge in [0.1, 0.15) is 17.4 Å². The van der Waals surface area contributed by atoms with E-state index in [9.17, 15) is 13.7 Å². The summed E-state index contributed by atoms with van der Waals surface area (Å²) in [4.78, 5) is 20.7. The van der Waals surface area contributed by atoms with E-state index < -0.39 is 15.6 Å². The van der Waals surface area contributed by atoms with E-state index in [1.54, 1.807) is 30.2 Å². The highest BCUT2D eigenvalue weighted by molar-refractivity contribution is 7.89. The van der Waals surface area contributed by atoms with Crippen LogP contribution in [0.15, 0.2) is 57.5 Å². The van der Waals surface area contributed by atoms with Crippen molar-refractivity contribution in [3.63, 3.8) is 0 Å². The number of hydrogen-bond acceptors (Lipinski definition) is 11. The van der Waals surface area contributed by atoms with Gasteiger partial charge in [-0.3, -0.25) is 9.67 Å². The maximum atomic E-state index is 12.3. The van der Waals surface area contributed by atoms with Gasteiger partial charge in [-0.2, -0.15) is 14.7 Å². The zero-order valence-corrected chi connectivity index (χ0v) is 22.3. The minimum atomic E-state index is -3.34. The molecule has 4 aliphatic heterocycles. The molecule has 0 spiro atoms. The van der Waals surface area contributed by atoms with Crippen LogP contribution in [-0.4, -0.2) is 96.6 Å². The van der Waals surface area contributed by atoms with Gasteiger partial charge in [0.05, 0.1) is 60.9 Å². The Morgan fingerprint density at radius 2 is 2.03 bits per heavy atom. The first-order chi connectivity index (χ1) is 18.9. The summed E-state index contributed by atoms with van der Waals surface area (Å²) < 4.78 is 33.1. The van der Waals surface area contributed by atoms with Gasteiger partial charge in [0.2, 0.25) is 16.0 Å². The molecule has 4 aliphatic rings. The van der Waals surface area contributed by atoms with E-state index in [4.69, 9.17) is 9.73 Å². The molecule has 0 saturated carbocycles. The fourth-order valence-corrected chi connectivity index (χ4v) is 6.28. The zero-order chi connectivity index (χ0) is 27.0. The summed E-state index contributed by atoms with van der Waals surface area (Å²) in [6.45, 7) is 5.04. The lowest BCUT2D eigenvalue weighted by molar-refractivity contribution is 0.0718. The lowest BCUT2D eigenvalue weighted by Gasteiger charge is -2.47. The summed E-state index contributed by atoms with van der Waals surface area (Å²) in [5.74, 6) is 1.32. The van der Waals surface area contributed by atoms with Crippen molar-refractivity contribution in [2.24, 2.45) is 15.0 Å². The van der Waals surface area contributed by atoms with Gasteiger partial charge in [0.15, 0.2) is 0 Å². The van der Waals surface area contributed by atoms with Crippen LogP contribution in [0.25, 0.3) is 0 Å². The van der Waals surface area contributed by atoms with Crippen molar-refractivity contribution in [3.8, 4) is 6.07 Å². The Bertz CT molecular complexity index is 1520. The Morgan fingerprint density at radius 3 is 2.74 bits per heavy atom. The molecule has 39 heavy (non-hydrogen) atoms. The molecule has 13 nitrogen and oxygen atoms in total. The van der Waals surface area contributed by atoms with Crippen molar-refractivity contribution in [1.82, 2.24) is 19.1 Å². The van der Waals surface area contributed by atoms with Crippen LogP contribution in [0.3, 0.4) is 0 Å². The molecular formula is C25H28N10O3S. The largest absolute Gasteiger partial charge is 0.378 e. The molecule has 0 radical (unpaired) electrons. The van der Waals surface area contributed by atoms with E-state index in [2.05, 4.69) is 36.4 Å². The van der Waals surface area contributed by atoms with Crippen LogP contribution in [0.4, 0.5) is 11.5 Å². The Balaban J connectivity index is 1.23. The first kappa shape index (κ1) is 25.4.